The first kappa shape index (κ1) is 8.52. The fraction of sp³-hybridized carbons (Fsp3) is 1.00. The second-order valence-corrected chi connectivity index (χ2v) is 4.41. The highest BCUT2D eigenvalue weighted by Crippen LogP contribution is 2.25. The van der Waals surface area contributed by atoms with E-state index in [0.29, 0.717) is 0 Å². The number of hydrogen-bond donors (Lipinski definition) is 1. The third-order valence-corrected chi connectivity index (χ3v) is 3.65. The Hall–Kier alpha value is -0.0800. The smallest absolute Gasteiger partial charge is 0.0348 e. The zero-order valence-electron chi connectivity index (χ0n) is 8.21. The molecule has 0 aliphatic carbocycles. The molecule has 1 N–H and O–H groups in total. The average molecular weight is 168 g/mol. The Kier molecular flexibility index (Phi) is 2.37. The molecule has 0 amide bonds. The molecule has 2 aliphatic rings. The molecule has 2 heterocycles. The molecular formula is C10H20N2. The monoisotopic (exact) mass is 168 g/mol. The van der Waals surface area contributed by atoms with Crippen LogP contribution in [-0.4, -0.2) is 36.6 Å². The summed E-state index contributed by atoms with van der Waals surface area (Å²) in [5, 5.41) is 3.35. The maximum Gasteiger partial charge on any atom is 0.0348 e. The number of rotatable bonds is 1. The van der Waals surface area contributed by atoms with Crippen LogP contribution in [0.25, 0.3) is 0 Å². The van der Waals surface area contributed by atoms with E-state index >= 15 is 0 Å². The number of hydrogen-bond acceptors (Lipinski definition) is 2. The Balaban J connectivity index is 1.93. The minimum absolute atomic E-state index is 0.811. The van der Waals surface area contributed by atoms with E-state index in [-0.39, 0.29) is 0 Å². The van der Waals surface area contributed by atoms with E-state index in [4.69, 9.17) is 0 Å². The zero-order valence-corrected chi connectivity index (χ0v) is 8.21. The molecule has 2 aliphatic heterocycles. The third kappa shape index (κ3) is 1.38. The van der Waals surface area contributed by atoms with Crippen molar-refractivity contribution in [2.24, 2.45) is 5.92 Å². The molecule has 0 radical (unpaired) electrons. The van der Waals surface area contributed by atoms with Gasteiger partial charge in [0.15, 0.2) is 0 Å². The molecule has 70 valence electrons. The van der Waals surface area contributed by atoms with Crippen molar-refractivity contribution < 1.29 is 0 Å². The Morgan fingerprint density at radius 1 is 1.25 bits per heavy atom. The predicted octanol–water partition coefficient (Wildman–Crippen LogP) is 1.08. The normalized spacial score (nSPS) is 39.5. The molecule has 0 spiro atoms. The van der Waals surface area contributed by atoms with Crippen molar-refractivity contribution in [2.75, 3.05) is 19.6 Å². The summed E-state index contributed by atoms with van der Waals surface area (Å²) in [6, 6.07) is 1.66. The average Bonchev–Trinajstić information content (AvgIpc) is 1.95. The minimum Gasteiger partial charge on any atom is -0.314 e. The molecule has 0 saturated carbocycles. The number of likely N-dealkylation sites (tertiary alicyclic amines) is 1. The molecular weight excluding hydrogens is 148 g/mol. The summed E-state index contributed by atoms with van der Waals surface area (Å²) in [6.45, 7) is 8.55. The van der Waals surface area contributed by atoms with Crippen molar-refractivity contribution in [3.8, 4) is 0 Å². The lowest BCUT2D eigenvalue weighted by molar-refractivity contribution is 0.0440. The first-order valence-corrected chi connectivity index (χ1v) is 5.25. The van der Waals surface area contributed by atoms with E-state index < -0.39 is 0 Å². The molecule has 2 heteroatoms. The van der Waals surface area contributed by atoms with Gasteiger partial charge >= 0.3 is 0 Å². The van der Waals surface area contributed by atoms with Crippen LogP contribution < -0.4 is 5.32 Å². The van der Waals surface area contributed by atoms with Crippen molar-refractivity contribution in [3.05, 3.63) is 0 Å². The molecule has 12 heavy (non-hydrogen) atoms. The van der Waals surface area contributed by atoms with Crippen molar-refractivity contribution in [1.82, 2.24) is 10.2 Å². The van der Waals surface area contributed by atoms with Gasteiger partial charge in [-0.25, -0.2) is 0 Å². The van der Waals surface area contributed by atoms with Crippen LogP contribution in [0.4, 0.5) is 0 Å². The largest absolute Gasteiger partial charge is 0.314 e. The maximum atomic E-state index is 3.35. The fourth-order valence-corrected chi connectivity index (χ4v) is 2.39. The highest BCUT2D eigenvalue weighted by molar-refractivity contribution is 4.90. The van der Waals surface area contributed by atoms with E-state index in [1.165, 1.54) is 32.5 Å². The molecule has 2 unspecified atom stereocenters. The molecule has 2 nitrogen and oxygen atoms in total. The molecule has 0 aromatic heterocycles. The van der Waals surface area contributed by atoms with Crippen LogP contribution in [-0.2, 0) is 0 Å². The highest BCUT2D eigenvalue weighted by Gasteiger charge is 2.32. The standard InChI is InChI=1S/C10H20N2/c1-8-4-3-5-12(9(8)2)10-6-11-7-10/h8-11H,3-7H2,1-2H3. The number of nitrogens with one attached hydrogen (secondary N) is 1. The molecule has 0 bridgehead atoms. The molecule has 2 atom stereocenters. The fourth-order valence-electron chi connectivity index (χ4n) is 2.39. The third-order valence-electron chi connectivity index (χ3n) is 3.65. The van der Waals surface area contributed by atoms with Gasteiger partial charge in [-0.05, 0) is 32.2 Å². The topological polar surface area (TPSA) is 15.3 Å². The van der Waals surface area contributed by atoms with Gasteiger partial charge in [0.2, 0.25) is 0 Å². The Morgan fingerprint density at radius 3 is 2.58 bits per heavy atom. The Bertz CT molecular complexity index is 154. The van der Waals surface area contributed by atoms with Crippen LogP contribution in [0.5, 0.6) is 0 Å². The molecule has 2 fully saturated rings. The van der Waals surface area contributed by atoms with E-state index in [1.807, 2.05) is 0 Å². The Labute approximate surface area is 75.3 Å². The van der Waals surface area contributed by atoms with E-state index in [9.17, 15) is 0 Å². The van der Waals surface area contributed by atoms with Gasteiger partial charge in [-0.3, -0.25) is 4.90 Å². The van der Waals surface area contributed by atoms with Crippen molar-refractivity contribution >= 4 is 0 Å². The van der Waals surface area contributed by atoms with Gasteiger partial charge in [0, 0.05) is 25.2 Å². The summed E-state index contributed by atoms with van der Waals surface area (Å²) >= 11 is 0. The zero-order chi connectivity index (χ0) is 8.55. The predicted molar refractivity (Wildman–Crippen MR) is 51.2 cm³/mol. The summed E-state index contributed by atoms with van der Waals surface area (Å²) in [7, 11) is 0. The van der Waals surface area contributed by atoms with Crippen molar-refractivity contribution in [1.29, 1.82) is 0 Å². The summed E-state index contributed by atoms with van der Waals surface area (Å²) in [5.41, 5.74) is 0. The van der Waals surface area contributed by atoms with Crippen molar-refractivity contribution in [3.63, 3.8) is 0 Å². The van der Waals surface area contributed by atoms with E-state index in [2.05, 4.69) is 24.1 Å². The molecule has 2 saturated heterocycles. The highest BCUT2D eigenvalue weighted by atomic mass is 15.3. The lowest BCUT2D eigenvalue weighted by Gasteiger charge is -2.46. The quantitative estimate of drug-likeness (QED) is 0.630. The summed E-state index contributed by atoms with van der Waals surface area (Å²) in [6.07, 6.45) is 2.83. The SMILES string of the molecule is CC1CCCN(C2CNC2)C1C. The lowest BCUT2D eigenvalue weighted by atomic mass is 9.90. The Morgan fingerprint density at radius 2 is 2.00 bits per heavy atom. The van der Waals surface area contributed by atoms with Crippen LogP contribution >= 0.6 is 0 Å². The van der Waals surface area contributed by atoms with Crippen molar-refractivity contribution in [2.45, 2.75) is 38.8 Å². The van der Waals surface area contributed by atoms with Crippen LogP contribution in [0.2, 0.25) is 0 Å². The second-order valence-electron chi connectivity index (χ2n) is 4.41. The molecule has 0 aromatic carbocycles. The van der Waals surface area contributed by atoms with Gasteiger partial charge in [-0.2, -0.15) is 0 Å². The van der Waals surface area contributed by atoms with Gasteiger partial charge in [-0.15, -0.1) is 0 Å². The molecule has 0 aromatic rings. The summed E-state index contributed by atoms with van der Waals surface area (Å²) < 4.78 is 0. The summed E-state index contributed by atoms with van der Waals surface area (Å²) in [4.78, 5) is 2.70. The number of piperidine rings is 1. The van der Waals surface area contributed by atoms with E-state index in [0.717, 1.165) is 18.0 Å². The van der Waals surface area contributed by atoms with Gasteiger partial charge in [-0.1, -0.05) is 6.92 Å². The molecule has 2 rings (SSSR count). The minimum atomic E-state index is 0.811. The first-order chi connectivity index (χ1) is 5.79. The maximum absolute atomic E-state index is 3.35. The van der Waals surface area contributed by atoms with Crippen LogP contribution in [0.1, 0.15) is 26.7 Å². The van der Waals surface area contributed by atoms with Gasteiger partial charge in [0.05, 0.1) is 0 Å². The van der Waals surface area contributed by atoms with E-state index in [1.54, 1.807) is 0 Å². The van der Waals surface area contributed by atoms with Crippen LogP contribution in [0.15, 0.2) is 0 Å². The van der Waals surface area contributed by atoms with Gasteiger partial charge in [0.25, 0.3) is 0 Å². The van der Waals surface area contributed by atoms with Crippen LogP contribution in [0.3, 0.4) is 0 Å². The van der Waals surface area contributed by atoms with Gasteiger partial charge in [0.1, 0.15) is 0 Å². The van der Waals surface area contributed by atoms with Crippen LogP contribution in [0, 0.1) is 5.92 Å². The number of nitrogens with zero attached hydrogens (tertiary/aromatic N) is 1. The lowest BCUT2D eigenvalue weighted by Crippen LogP contribution is -2.61. The second kappa shape index (κ2) is 3.35. The first-order valence-electron chi connectivity index (χ1n) is 5.25. The summed E-state index contributed by atoms with van der Waals surface area (Å²) in [5.74, 6) is 0.902. The van der Waals surface area contributed by atoms with Gasteiger partial charge < -0.3 is 5.32 Å².